The van der Waals surface area contributed by atoms with Gasteiger partial charge in [-0.05, 0) is 49.2 Å². The summed E-state index contributed by atoms with van der Waals surface area (Å²) < 4.78 is 24.3. The number of carbonyl (C=O) groups is 2. The highest BCUT2D eigenvalue weighted by Gasteiger charge is 2.11. The molecule has 3 rings (SSSR count). The van der Waals surface area contributed by atoms with Crippen LogP contribution in [0.25, 0.3) is 11.3 Å². The van der Waals surface area contributed by atoms with Gasteiger partial charge in [0.25, 0.3) is 5.91 Å². The predicted molar refractivity (Wildman–Crippen MR) is 114 cm³/mol. The molecule has 0 atom stereocenters. The van der Waals surface area contributed by atoms with Gasteiger partial charge >= 0.3 is 0 Å². The molecular formula is C22H21FN2O4S. The van der Waals surface area contributed by atoms with E-state index >= 15 is 0 Å². The standard InChI is InChI=1S/C22H21FN2O4S/c1-14(26)3-4-15-5-8-17(9-6-15)29-12-21(27)25-22-24-19(13-30-22)16-7-10-20(28-2)18(23)11-16/h5-11,13H,3-4,12H2,1-2H3,(H,24,25,27). The summed E-state index contributed by atoms with van der Waals surface area (Å²) in [6.07, 6.45) is 1.18. The first-order valence-corrected chi connectivity index (χ1v) is 10.1. The maximum Gasteiger partial charge on any atom is 0.264 e. The Morgan fingerprint density at radius 3 is 2.60 bits per heavy atom. The number of ether oxygens (including phenoxy) is 2. The number of benzene rings is 2. The number of amides is 1. The number of aromatic nitrogens is 1. The number of anilines is 1. The summed E-state index contributed by atoms with van der Waals surface area (Å²) in [6.45, 7) is 1.40. The molecule has 0 bridgehead atoms. The van der Waals surface area contributed by atoms with Gasteiger partial charge in [0.2, 0.25) is 0 Å². The van der Waals surface area contributed by atoms with Crippen LogP contribution in [0.3, 0.4) is 0 Å². The third kappa shape index (κ3) is 5.87. The second kappa shape index (κ2) is 9.98. The molecule has 0 aliphatic heterocycles. The maximum absolute atomic E-state index is 13.9. The first-order chi connectivity index (χ1) is 14.4. The number of nitrogens with zero attached hydrogens (tertiary/aromatic N) is 1. The van der Waals surface area contributed by atoms with Gasteiger partial charge < -0.3 is 14.3 Å². The molecule has 0 aliphatic carbocycles. The van der Waals surface area contributed by atoms with Gasteiger partial charge in [-0.15, -0.1) is 11.3 Å². The zero-order valence-electron chi connectivity index (χ0n) is 16.6. The van der Waals surface area contributed by atoms with Gasteiger partial charge in [-0.3, -0.25) is 10.1 Å². The fourth-order valence-corrected chi connectivity index (χ4v) is 3.40. The van der Waals surface area contributed by atoms with E-state index in [1.807, 2.05) is 12.1 Å². The Kier molecular flexibility index (Phi) is 7.13. The molecule has 8 heteroatoms. The van der Waals surface area contributed by atoms with Crippen LogP contribution in [0.4, 0.5) is 9.52 Å². The minimum absolute atomic E-state index is 0.148. The number of carbonyl (C=O) groups excluding carboxylic acids is 2. The Hall–Kier alpha value is -3.26. The van der Waals surface area contributed by atoms with Crippen LogP contribution in [-0.4, -0.2) is 30.4 Å². The van der Waals surface area contributed by atoms with E-state index in [1.165, 1.54) is 30.6 Å². The van der Waals surface area contributed by atoms with Gasteiger partial charge in [0.05, 0.1) is 12.8 Å². The Bertz CT molecular complexity index is 1030. The predicted octanol–water partition coefficient (Wildman–Crippen LogP) is 4.50. The summed E-state index contributed by atoms with van der Waals surface area (Å²) in [6, 6.07) is 11.8. The lowest BCUT2D eigenvalue weighted by Crippen LogP contribution is -2.20. The first kappa shape index (κ1) is 21.4. The van der Waals surface area contributed by atoms with Crippen LogP contribution >= 0.6 is 11.3 Å². The Morgan fingerprint density at radius 1 is 1.17 bits per heavy atom. The van der Waals surface area contributed by atoms with E-state index in [0.29, 0.717) is 35.0 Å². The highest BCUT2D eigenvalue weighted by Crippen LogP contribution is 2.28. The highest BCUT2D eigenvalue weighted by atomic mass is 32.1. The van der Waals surface area contributed by atoms with Crippen LogP contribution in [0, 0.1) is 5.82 Å². The van der Waals surface area contributed by atoms with Crippen molar-refractivity contribution in [2.24, 2.45) is 0 Å². The summed E-state index contributed by atoms with van der Waals surface area (Å²) in [7, 11) is 1.40. The molecule has 0 spiro atoms. The third-order valence-electron chi connectivity index (χ3n) is 4.26. The molecule has 156 valence electrons. The van der Waals surface area contributed by atoms with Crippen molar-refractivity contribution in [1.82, 2.24) is 4.98 Å². The minimum Gasteiger partial charge on any atom is -0.494 e. The van der Waals surface area contributed by atoms with Crippen molar-refractivity contribution in [3.05, 3.63) is 59.2 Å². The lowest BCUT2D eigenvalue weighted by atomic mass is 10.1. The molecule has 0 aliphatic rings. The van der Waals surface area contributed by atoms with Gasteiger partial charge in [0, 0.05) is 17.4 Å². The molecule has 0 unspecified atom stereocenters. The van der Waals surface area contributed by atoms with Crippen LogP contribution in [0.15, 0.2) is 47.8 Å². The van der Waals surface area contributed by atoms with E-state index < -0.39 is 5.82 Å². The molecule has 1 aromatic heterocycles. The number of rotatable bonds is 9. The van der Waals surface area contributed by atoms with Crippen LogP contribution in [0.5, 0.6) is 11.5 Å². The van der Waals surface area contributed by atoms with E-state index in [4.69, 9.17) is 9.47 Å². The molecule has 6 nitrogen and oxygen atoms in total. The Labute approximate surface area is 177 Å². The Balaban J connectivity index is 1.52. The molecular weight excluding hydrogens is 407 g/mol. The lowest BCUT2D eigenvalue weighted by Gasteiger charge is -2.07. The fourth-order valence-electron chi connectivity index (χ4n) is 2.67. The second-order valence-electron chi connectivity index (χ2n) is 6.57. The molecule has 0 radical (unpaired) electrons. The summed E-state index contributed by atoms with van der Waals surface area (Å²) >= 11 is 1.24. The number of nitrogens with one attached hydrogen (secondary N) is 1. The number of halogens is 1. The van der Waals surface area contributed by atoms with Crippen LogP contribution in [0.1, 0.15) is 18.9 Å². The third-order valence-corrected chi connectivity index (χ3v) is 5.01. The molecule has 2 aromatic carbocycles. The van der Waals surface area contributed by atoms with Crippen molar-refractivity contribution in [2.75, 3.05) is 19.0 Å². The average molecular weight is 428 g/mol. The van der Waals surface area contributed by atoms with Crippen LogP contribution in [-0.2, 0) is 16.0 Å². The van der Waals surface area contributed by atoms with Crippen molar-refractivity contribution in [3.8, 4) is 22.8 Å². The molecule has 0 saturated heterocycles. The van der Waals surface area contributed by atoms with Gasteiger partial charge in [0.1, 0.15) is 11.5 Å². The molecule has 0 fully saturated rings. The summed E-state index contributed by atoms with van der Waals surface area (Å²) in [5.74, 6) is 0.0398. The first-order valence-electron chi connectivity index (χ1n) is 9.25. The maximum atomic E-state index is 13.9. The van der Waals surface area contributed by atoms with Gasteiger partial charge in [-0.2, -0.15) is 0 Å². The van der Waals surface area contributed by atoms with Crippen molar-refractivity contribution in [2.45, 2.75) is 19.8 Å². The number of ketones is 1. The number of hydrogen-bond donors (Lipinski definition) is 1. The zero-order valence-corrected chi connectivity index (χ0v) is 17.4. The summed E-state index contributed by atoms with van der Waals surface area (Å²) in [5, 5.41) is 4.80. The van der Waals surface area contributed by atoms with E-state index in [-0.39, 0.29) is 24.0 Å². The normalized spacial score (nSPS) is 10.5. The SMILES string of the molecule is COc1ccc(-c2csc(NC(=O)COc3ccc(CCC(C)=O)cc3)n2)cc1F. The number of methoxy groups -OCH3 is 1. The van der Waals surface area contributed by atoms with Gasteiger partial charge in [-0.1, -0.05) is 12.1 Å². The smallest absolute Gasteiger partial charge is 0.264 e. The van der Waals surface area contributed by atoms with Gasteiger partial charge in [0.15, 0.2) is 23.3 Å². The van der Waals surface area contributed by atoms with Crippen LogP contribution < -0.4 is 14.8 Å². The van der Waals surface area contributed by atoms with Crippen molar-refractivity contribution < 1.29 is 23.5 Å². The fraction of sp³-hybridized carbons (Fsp3) is 0.227. The Morgan fingerprint density at radius 2 is 1.93 bits per heavy atom. The minimum atomic E-state index is -0.478. The van der Waals surface area contributed by atoms with Crippen molar-refractivity contribution >= 4 is 28.2 Å². The molecule has 1 amide bonds. The average Bonchev–Trinajstić information content (AvgIpc) is 3.19. The van der Waals surface area contributed by atoms with E-state index in [1.54, 1.807) is 30.5 Å². The van der Waals surface area contributed by atoms with Crippen molar-refractivity contribution in [3.63, 3.8) is 0 Å². The molecule has 1 N–H and O–H groups in total. The highest BCUT2D eigenvalue weighted by molar-refractivity contribution is 7.14. The second-order valence-corrected chi connectivity index (χ2v) is 7.43. The van der Waals surface area contributed by atoms with E-state index in [9.17, 15) is 14.0 Å². The van der Waals surface area contributed by atoms with Crippen LogP contribution in [0.2, 0.25) is 0 Å². The quantitative estimate of drug-likeness (QED) is 0.543. The number of aryl methyl sites for hydroxylation is 1. The van der Waals surface area contributed by atoms with E-state index in [2.05, 4.69) is 10.3 Å². The monoisotopic (exact) mass is 428 g/mol. The number of Topliss-reactive ketones (excluding diaryl/α,β-unsaturated/α-hetero) is 1. The molecule has 3 aromatic rings. The number of thiazole rings is 1. The lowest BCUT2D eigenvalue weighted by molar-refractivity contribution is -0.118. The van der Waals surface area contributed by atoms with Crippen molar-refractivity contribution in [1.29, 1.82) is 0 Å². The largest absolute Gasteiger partial charge is 0.494 e. The van der Waals surface area contributed by atoms with Gasteiger partial charge in [-0.25, -0.2) is 9.37 Å². The molecule has 1 heterocycles. The molecule has 0 saturated carbocycles. The topological polar surface area (TPSA) is 77.5 Å². The summed E-state index contributed by atoms with van der Waals surface area (Å²) in [4.78, 5) is 27.5. The number of hydrogen-bond acceptors (Lipinski definition) is 6. The summed E-state index contributed by atoms with van der Waals surface area (Å²) in [5.41, 5.74) is 2.18. The zero-order chi connectivity index (χ0) is 21.5. The molecule has 30 heavy (non-hydrogen) atoms. The van der Waals surface area contributed by atoms with E-state index in [0.717, 1.165) is 5.56 Å².